The van der Waals surface area contributed by atoms with Gasteiger partial charge in [-0.25, -0.2) is 0 Å². The SMILES string of the molecule is CC1CCC(C)C(C)(C)C1CCC(C)[N+](C)(C)CCCCCC[N+](C)(C)C(C)CCC1C(C)CCC(C)C1(C)C.[Br-].[Br-]. The largest absolute Gasteiger partial charge is 1.00 e. The second-order valence-corrected chi connectivity index (χ2v) is 18.0. The molecule has 2 saturated carbocycles. The van der Waals surface area contributed by atoms with Gasteiger partial charge in [-0.3, -0.25) is 0 Å². The molecule has 0 amide bonds. The Morgan fingerprint density at radius 3 is 1.17 bits per heavy atom. The predicted molar refractivity (Wildman–Crippen MR) is 179 cm³/mol. The van der Waals surface area contributed by atoms with Gasteiger partial charge in [-0.1, -0.05) is 68.2 Å². The van der Waals surface area contributed by atoms with Gasteiger partial charge in [-0.05, 0) is 124 Å². The molecule has 0 aromatic heterocycles. The average molecular weight is 723 g/mol. The van der Waals surface area contributed by atoms with Crippen LogP contribution in [-0.2, 0) is 0 Å². The lowest BCUT2D eigenvalue weighted by molar-refractivity contribution is -0.914. The van der Waals surface area contributed by atoms with Crippen molar-refractivity contribution in [1.29, 1.82) is 0 Å². The van der Waals surface area contributed by atoms with Crippen molar-refractivity contribution in [3.8, 4) is 0 Å². The second-order valence-electron chi connectivity index (χ2n) is 18.0. The summed E-state index contributed by atoms with van der Waals surface area (Å²) in [5.74, 6) is 5.31. The molecule has 0 N–H and O–H groups in total. The molecule has 0 spiro atoms. The zero-order chi connectivity index (χ0) is 30.5. The maximum absolute atomic E-state index is 2.56. The molecule has 0 radical (unpaired) electrons. The topological polar surface area (TPSA) is 0 Å². The van der Waals surface area contributed by atoms with E-state index in [1.807, 2.05) is 0 Å². The van der Waals surface area contributed by atoms with E-state index in [1.165, 1.54) is 99.1 Å². The molecule has 2 nitrogen and oxygen atoms in total. The third-order valence-corrected chi connectivity index (χ3v) is 14.3. The molecule has 2 fully saturated rings. The van der Waals surface area contributed by atoms with Gasteiger partial charge in [0.2, 0.25) is 0 Å². The summed E-state index contributed by atoms with van der Waals surface area (Å²) in [6, 6.07) is 1.52. The smallest absolute Gasteiger partial charge is 0.0857 e. The van der Waals surface area contributed by atoms with Gasteiger partial charge >= 0.3 is 0 Å². The van der Waals surface area contributed by atoms with Crippen LogP contribution in [-0.4, -0.2) is 62.3 Å². The van der Waals surface area contributed by atoms with Gasteiger partial charge in [0.15, 0.2) is 0 Å². The monoisotopic (exact) mass is 720 g/mol. The Bertz CT molecular complexity index is 683. The third kappa shape index (κ3) is 11.3. The van der Waals surface area contributed by atoms with Crippen molar-refractivity contribution >= 4 is 0 Å². The van der Waals surface area contributed by atoms with Gasteiger partial charge in [0.25, 0.3) is 0 Å². The van der Waals surface area contributed by atoms with Crippen molar-refractivity contribution in [3.05, 3.63) is 0 Å². The maximum Gasteiger partial charge on any atom is 0.0857 e. The van der Waals surface area contributed by atoms with Crippen molar-refractivity contribution in [3.63, 3.8) is 0 Å². The van der Waals surface area contributed by atoms with Crippen molar-refractivity contribution in [2.45, 2.75) is 158 Å². The summed E-state index contributed by atoms with van der Waals surface area (Å²) in [5, 5.41) is 0. The first-order valence-corrected chi connectivity index (χ1v) is 18.0. The van der Waals surface area contributed by atoms with E-state index in [2.05, 4.69) is 97.4 Å². The summed E-state index contributed by atoms with van der Waals surface area (Å²) in [5.41, 5.74) is 1.00. The first-order valence-electron chi connectivity index (χ1n) is 18.0. The zero-order valence-electron chi connectivity index (χ0n) is 31.2. The van der Waals surface area contributed by atoms with Crippen LogP contribution in [0.2, 0.25) is 0 Å². The summed E-state index contributed by atoms with van der Waals surface area (Å²) in [7, 11) is 10.00. The molecule has 8 atom stereocenters. The third-order valence-electron chi connectivity index (χ3n) is 14.3. The lowest BCUT2D eigenvalue weighted by Crippen LogP contribution is -3.00. The Kier molecular flexibility index (Phi) is 18.1. The molecular weight excluding hydrogens is 644 g/mol. The molecule has 2 aliphatic rings. The molecule has 0 aromatic carbocycles. The fourth-order valence-electron chi connectivity index (χ4n) is 9.06. The highest BCUT2D eigenvalue weighted by Gasteiger charge is 2.43. The summed E-state index contributed by atoms with van der Waals surface area (Å²) < 4.78 is 2.40. The summed E-state index contributed by atoms with van der Waals surface area (Å²) in [6.45, 7) is 28.0. The van der Waals surface area contributed by atoms with E-state index in [0.717, 1.165) is 47.6 Å². The Morgan fingerprint density at radius 2 is 0.857 bits per heavy atom. The van der Waals surface area contributed by atoms with E-state index in [9.17, 15) is 0 Å². The van der Waals surface area contributed by atoms with E-state index in [-0.39, 0.29) is 34.0 Å². The Morgan fingerprint density at radius 1 is 0.548 bits per heavy atom. The number of rotatable bonds is 15. The number of quaternary nitrogens is 2. The van der Waals surface area contributed by atoms with E-state index >= 15 is 0 Å². The molecule has 0 heterocycles. The highest BCUT2D eigenvalue weighted by atomic mass is 79.9. The Balaban J connectivity index is 0.00000840. The predicted octanol–water partition coefficient (Wildman–Crippen LogP) is 4.46. The quantitative estimate of drug-likeness (QED) is 0.173. The normalized spacial score (nSPS) is 31.0. The van der Waals surface area contributed by atoms with Crippen LogP contribution < -0.4 is 34.0 Å². The fourth-order valence-corrected chi connectivity index (χ4v) is 9.06. The van der Waals surface area contributed by atoms with Crippen molar-refractivity contribution < 1.29 is 42.9 Å². The van der Waals surface area contributed by atoms with E-state index in [1.54, 1.807) is 0 Å². The van der Waals surface area contributed by atoms with E-state index in [0.29, 0.717) is 10.8 Å². The molecule has 2 aliphatic carbocycles. The maximum atomic E-state index is 2.56. The highest BCUT2D eigenvalue weighted by Crippen LogP contribution is 2.51. The molecule has 254 valence electrons. The molecule has 42 heavy (non-hydrogen) atoms. The molecular formula is C38H78Br2N2. The molecule has 0 aliphatic heterocycles. The van der Waals surface area contributed by atoms with E-state index < -0.39 is 0 Å². The van der Waals surface area contributed by atoms with Gasteiger partial charge in [0.1, 0.15) is 0 Å². The van der Waals surface area contributed by atoms with Crippen LogP contribution in [0.5, 0.6) is 0 Å². The molecule has 0 aromatic rings. The average Bonchev–Trinajstić information content (AvgIpc) is 2.85. The van der Waals surface area contributed by atoms with Crippen LogP contribution >= 0.6 is 0 Å². The fraction of sp³-hybridized carbons (Fsp3) is 1.00. The van der Waals surface area contributed by atoms with Gasteiger partial charge < -0.3 is 42.9 Å². The lowest BCUT2D eigenvalue weighted by atomic mass is 9.58. The Labute approximate surface area is 287 Å². The number of unbranched alkanes of at least 4 members (excludes halogenated alkanes) is 3. The van der Waals surface area contributed by atoms with Crippen molar-refractivity contribution in [1.82, 2.24) is 0 Å². The summed E-state index contributed by atoms with van der Waals surface area (Å²) in [4.78, 5) is 0. The lowest BCUT2D eigenvalue weighted by Gasteiger charge is -2.48. The van der Waals surface area contributed by atoms with Crippen LogP contribution in [0.25, 0.3) is 0 Å². The van der Waals surface area contributed by atoms with Gasteiger partial charge in [-0.15, -0.1) is 0 Å². The minimum absolute atomic E-state index is 0. The van der Waals surface area contributed by atoms with Crippen molar-refractivity contribution in [2.24, 2.45) is 46.3 Å². The first-order chi connectivity index (χ1) is 18.3. The van der Waals surface area contributed by atoms with Gasteiger partial charge in [-0.2, -0.15) is 0 Å². The number of hydrogen-bond acceptors (Lipinski definition) is 0. The number of nitrogens with zero attached hydrogens (tertiary/aromatic N) is 2. The summed E-state index contributed by atoms with van der Waals surface area (Å²) in [6.07, 6.45) is 16.9. The Hall–Kier alpha value is 0.880. The minimum Gasteiger partial charge on any atom is -1.00 e. The molecule has 4 heteroatoms. The number of hydrogen-bond donors (Lipinski definition) is 0. The van der Waals surface area contributed by atoms with Crippen LogP contribution in [0.15, 0.2) is 0 Å². The van der Waals surface area contributed by atoms with Crippen LogP contribution in [0.1, 0.15) is 146 Å². The van der Waals surface area contributed by atoms with Gasteiger partial charge in [0, 0.05) is 0 Å². The van der Waals surface area contributed by atoms with Gasteiger partial charge in [0.05, 0.1) is 53.4 Å². The molecule has 8 unspecified atom stereocenters. The van der Waals surface area contributed by atoms with Crippen LogP contribution in [0, 0.1) is 46.3 Å². The standard InChI is InChI=1S/C38H78N2.2BrH/c1-29-19-21-31(3)37(7,8)35(29)25-23-33(5)39(11,12)27-17-15-16-18-28-40(13,14)34(6)24-26-36-30(2)20-22-32(4)38(36,9)10;;/h29-36H,15-28H2,1-14H3;2*1H/q+2;;/p-2. The molecule has 0 saturated heterocycles. The zero-order valence-corrected chi connectivity index (χ0v) is 34.3. The molecule has 0 bridgehead atoms. The minimum atomic E-state index is 0. The van der Waals surface area contributed by atoms with Crippen LogP contribution in [0.3, 0.4) is 0 Å². The van der Waals surface area contributed by atoms with Crippen molar-refractivity contribution in [2.75, 3.05) is 41.3 Å². The number of halogens is 2. The molecule has 2 rings (SSSR count). The van der Waals surface area contributed by atoms with E-state index in [4.69, 9.17) is 0 Å². The first kappa shape index (κ1) is 42.9. The highest BCUT2D eigenvalue weighted by molar-refractivity contribution is 4.91. The summed E-state index contributed by atoms with van der Waals surface area (Å²) >= 11 is 0. The van der Waals surface area contributed by atoms with Crippen LogP contribution in [0.4, 0.5) is 0 Å². The second kappa shape index (κ2) is 17.7.